The number of anilines is 2. The van der Waals surface area contributed by atoms with E-state index in [1.807, 2.05) is 0 Å². The van der Waals surface area contributed by atoms with E-state index in [-0.39, 0.29) is 40.3 Å². The summed E-state index contributed by atoms with van der Waals surface area (Å²) in [5.41, 5.74) is 5.19. The van der Waals surface area contributed by atoms with Crippen molar-refractivity contribution in [1.29, 1.82) is 0 Å². The molecule has 1 atom stereocenters. The Bertz CT molecular complexity index is 1280. The highest BCUT2D eigenvalue weighted by Crippen LogP contribution is 2.31. The van der Waals surface area contributed by atoms with E-state index in [4.69, 9.17) is 5.73 Å². The van der Waals surface area contributed by atoms with Crippen molar-refractivity contribution in [2.75, 3.05) is 10.0 Å². The van der Waals surface area contributed by atoms with Crippen molar-refractivity contribution in [1.82, 2.24) is 19.9 Å². The number of hydrogen-bond donors (Lipinski definition) is 3. The van der Waals surface area contributed by atoms with Crippen LogP contribution in [-0.4, -0.2) is 39.5 Å². The van der Waals surface area contributed by atoms with Crippen molar-refractivity contribution in [3.8, 4) is 11.3 Å². The molecule has 16 heteroatoms. The first-order chi connectivity index (χ1) is 15.5. The maximum Gasteiger partial charge on any atom is 0.434 e. The summed E-state index contributed by atoms with van der Waals surface area (Å²) in [6.07, 6.45) is -0.415. The van der Waals surface area contributed by atoms with Gasteiger partial charge in [0.1, 0.15) is 11.9 Å². The van der Waals surface area contributed by atoms with Gasteiger partial charge >= 0.3 is 6.18 Å². The second kappa shape index (κ2) is 9.77. The number of aromatic nitrogens is 4. The van der Waals surface area contributed by atoms with Gasteiger partial charge in [-0.05, 0) is 25.0 Å². The first-order valence-electron chi connectivity index (χ1n) is 9.42. The van der Waals surface area contributed by atoms with Crippen LogP contribution in [0.4, 0.5) is 24.1 Å². The average molecular weight is 536 g/mol. The number of carbonyl (C=O) groups is 1. The molecule has 3 aromatic heterocycles. The van der Waals surface area contributed by atoms with Crippen LogP contribution in [-0.2, 0) is 21.0 Å². The fourth-order valence-corrected chi connectivity index (χ4v) is 5.00. The van der Waals surface area contributed by atoms with Crippen LogP contribution in [0.2, 0.25) is 0 Å². The van der Waals surface area contributed by atoms with Gasteiger partial charge in [-0.1, -0.05) is 0 Å². The summed E-state index contributed by atoms with van der Waals surface area (Å²) in [7, 11) is -3.48. The zero-order valence-corrected chi connectivity index (χ0v) is 19.4. The highest BCUT2D eigenvalue weighted by Gasteiger charge is 2.36. The SMILES string of the molecule is Cl.NC(C(=O)Nc1ccc(-c2cncc(C(F)(F)F)n2)cn1)c1csc(NS(=O)(=O)C2CC2)n1. The van der Waals surface area contributed by atoms with Crippen LogP contribution >= 0.6 is 23.7 Å². The molecule has 3 heterocycles. The van der Waals surface area contributed by atoms with Crippen LogP contribution in [0.25, 0.3) is 11.3 Å². The number of rotatable bonds is 7. The van der Waals surface area contributed by atoms with Crippen LogP contribution in [0, 0.1) is 0 Å². The summed E-state index contributed by atoms with van der Waals surface area (Å²) in [5, 5.41) is 3.64. The van der Waals surface area contributed by atoms with Crippen molar-refractivity contribution >= 4 is 50.6 Å². The Labute approximate surface area is 201 Å². The normalized spacial score (nSPS) is 14.7. The Kier molecular flexibility index (Phi) is 7.40. The highest BCUT2D eigenvalue weighted by molar-refractivity contribution is 7.93. The molecule has 0 radical (unpaired) electrons. The van der Waals surface area contributed by atoms with Crippen LogP contribution in [0.5, 0.6) is 0 Å². The summed E-state index contributed by atoms with van der Waals surface area (Å²) in [6, 6.07) is 1.60. The standard InChI is InChI=1S/C18H16F3N7O3S2.ClH/c19-18(20,21)13-7-23-6-11(25-13)9-1-4-14(24-5-9)27-16(29)15(22)12-8-32-17(26-12)28-33(30,31)10-2-3-10;/h1,4-8,10,15H,2-3,22H2,(H,26,28)(H,24,27,29);1H. The highest BCUT2D eigenvalue weighted by atomic mass is 35.5. The summed E-state index contributed by atoms with van der Waals surface area (Å²) < 4.78 is 64.8. The lowest BCUT2D eigenvalue weighted by Crippen LogP contribution is -2.28. The molecular weight excluding hydrogens is 519 g/mol. The van der Waals surface area contributed by atoms with Gasteiger partial charge in [-0.3, -0.25) is 14.5 Å². The first-order valence-corrected chi connectivity index (χ1v) is 11.8. The Morgan fingerprint density at radius 3 is 2.53 bits per heavy atom. The van der Waals surface area contributed by atoms with Gasteiger partial charge in [0, 0.05) is 17.1 Å². The van der Waals surface area contributed by atoms with E-state index in [9.17, 15) is 26.4 Å². The Hall–Kier alpha value is -2.88. The average Bonchev–Trinajstić information content (AvgIpc) is 3.54. The minimum atomic E-state index is -4.63. The molecule has 1 saturated carbocycles. The number of nitrogens with two attached hydrogens (primary N) is 1. The zero-order chi connectivity index (χ0) is 23.8. The predicted molar refractivity (Wildman–Crippen MR) is 121 cm³/mol. The molecule has 4 rings (SSSR count). The van der Waals surface area contributed by atoms with E-state index in [0.717, 1.165) is 17.5 Å². The molecule has 34 heavy (non-hydrogen) atoms. The Balaban J connectivity index is 0.00000324. The quantitative estimate of drug-likeness (QED) is 0.417. The summed E-state index contributed by atoms with van der Waals surface area (Å²) >= 11 is 1.01. The minimum Gasteiger partial charge on any atom is -0.315 e. The molecule has 1 unspecified atom stereocenters. The van der Waals surface area contributed by atoms with E-state index in [2.05, 4.69) is 30.0 Å². The molecule has 0 saturated heterocycles. The molecule has 4 N–H and O–H groups in total. The van der Waals surface area contributed by atoms with Crippen LogP contribution in [0.1, 0.15) is 30.3 Å². The monoisotopic (exact) mass is 535 g/mol. The second-order valence-electron chi connectivity index (χ2n) is 7.11. The van der Waals surface area contributed by atoms with E-state index in [1.165, 1.54) is 23.7 Å². The number of alkyl halides is 3. The molecule has 182 valence electrons. The molecule has 3 aromatic rings. The number of carbonyl (C=O) groups excluding carboxylic acids is 1. The fraction of sp³-hybridized carbons (Fsp3) is 0.278. The third-order valence-electron chi connectivity index (χ3n) is 4.55. The molecule has 0 bridgehead atoms. The minimum absolute atomic E-state index is 0. The molecule has 1 aliphatic carbocycles. The number of hydrogen-bond acceptors (Lipinski definition) is 9. The Morgan fingerprint density at radius 2 is 1.91 bits per heavy atom. The van der Waals surface area contributed by atoms with Gasteiger partial charge in [0.05, 0.1) is 29.0 Å². The van der Waals surface area contributed by atoms with Gasteiger partial charge in [-0.25, -0.2) is 23.4 Å². The van der Waals surface area contributed by atoms with Crippen molar-refractivity contribution < 1.29 is 26.4 Å². The Morgan fingerprint density at radius 1 is 1.18 bits per heavy atom. The molecule has 0 aliphatic heterocycles. The van der Waals surface area contributed by atoms with Gasteiger partial charge in [-0.2, -0.15) is 13.2 Å². The molecule has 1 amide bonds. The summed E-state index contributed by atoms with van der Waals surface area (Å²) in [5.74, 6) is -0.556. The zero-order valence-electron chi connectivity index (χ0n) is 17.0. The molecular formula is C18H17ClF3N7O3S2. The smallest absolute Gasteiger partial charge is 0.315 e. The number of sulfonamides is 1. The number of amides is 1. The van der Waals surface area contributed by atoms with Crippen molar-refractivity contribution in [3.05, 3.63) is 47.5 Å². The molecule has 0 spiro atoms. The number of nitrogens with one attached hydrogen (secondary N) is 2. The van der Waals surface area contributed by atoms with Gasteiger partial charge in [0.25, 0.3) is 0 Å². The lowest BCUT2D eigenvalue weighted by Gasteiger charge is -2.10. The van der Waals surface area contributed by atoms with Crippen molar-refractivity contribution in [3.63, 3.8) is 0 Å². The van der Waals surface area contributed by atoms with Crippen LogP contribution < -0.4 is 15.8 Å². The number of halogens is 4. The third-order valence-corrected chi connectivity index (χ3v) is 7.28. The lowest BCUT2D eigenvalue weighted by molar-refractivity contribution is -0.141. The van der Waals surface area contributed by atoms with Crippen LogP contribution in [0.3, 0.4) is 0 Å². The molecule has 1 aliphatic rings. The van der Waals surface area contributed by atoms with E-state index in [1.54, 1.807) is 0 Å². The second-order valence-corrected chi connectivity index (χ2v) is 9.93. The number of thiazole rings is 1. The number of pyridine rings is 1. The van der Waals surface area contributed by atoms with Crippen molar-refractivity contribution in [2.45, 2.75) is 30.3 Å². The van der Waals surface area contributed by atoms with Gasteiger partial charge in [0.2, 0.25) is 15.9 Å². The summed E-state index contributed by atoms with van der Waals surface area (Å²) in [4.78, 5) is 27.6. The molecule has 1 fully saturated rings. The fourth-order valence-electron chi connectivity index (χ4n) is 2.66. The van der Waals surface area contributed by atoms with Gasteiger partial charge < -0.3 is 11.1 Å². The predicted octanol–water partition coefficient (Wildman–Crippen LogP) is 2.98. The first kappa shape index (κ1) is 25.7. The molecule has 10 nitrogen and oxygen atoms in total. The lowest BCUT2D eigenvalue weighted by atomic mass is 10.2. The van der Waals surface area contributed by atoms with Gasteiger partial charge in [-0.15, -0.1) is 23.7 Å². The third kappa shape index (κ3) is 5.97. The van der Waals surface area contributed by atoms with E-state index < -0.39 is 39.1 Å². The van der Waals surface area contributed by atoms with E-state index in [0.29, 0.717) is 19.0 Å². The largest absolute Gasteiger partial charge is 0.434 e. The maximum absolute atomic E-state index is 12.8. The summed E-state index contributed by atoms with van der Waals surface area (Å²) in [6.45, 7) is 0. The topological polar surface area (TPSA) is 153 Å². The van der Waals surface area contributed by atoms with E-state index >= 15 is 0 Å². The molecule has 0 aromatic carbocycles. The van der Waals surface area contributed by atoms with Gasteiger partial charge in [0.15, 0.2) is 10.8 Å². The van der Waals surface area contributed by atoms with Crippen molar-refractivity contribution in [2.24, 2.45) is 5.73 Å². The van der Waals surface area contributed by atoms with Crippen LogP contribution in [0.15, 0.2) is 36.1 Å². The maximum atomic E-state index is 12.8. The number of nitrogens with zero attached hydrogens (tertiary/aromatic N) is 4.